The van der Waals surface area contributed by atoms with Gasteiger partial charge in [-0.1, -0.05) is 38.1 Å². The highest BCUT2D eigenvalue weighted by molar-refractivity contribution is 6.07. The second-order valence-electron chi connectivity index (χ2n) is 5.01. The number of carbonyl (C=O) groups is 1. The summed E-state index contributed by atoms with van der Waals surface area (Å²) in [6, 6.07) is 13.4. The van der Waals surface area contributed by atoms with Crippen LogP contribution in [0.3, 0.4) is 0 Å². The normalized spacial score (nSPS) is 10.4. The Kier molecular flexibility index (Phi) is 4.33. The molecule has 5 nitrogen and oxygen atoms in total. The number of para-hydroxylation sites is 1. The third-order valence-corrected chi connectivity index (χ3v) is 3.16. The van der Waals surface area contributed by atoms with Crippen LogP contribution in [0.5, 0.6) is 0 Å². The van der Waals surface area contributed by atoms with E-state index in [-0.39, 0.29) is 11.3 Å². The van der Waals surface area contributed by atoms with Gasteiger partial charge < -0.3 is 5.32 Å². The minimum absolute atomic E-state index is 0.0532. The van der Waals surface area contributed by atoms with E-state index in [0.717, 1.165) is 5.56 Å². The first-order valence-electron chi connectivity index (χ1n) is 6.63. The summed E-state index contributed by atoms with van der Waals surface area (Å²) in [4.78, 5) is 22.6. The first-order valence-corrected chi connectivity index (χ1v) is 6.63. The van der Waals surface area contributed by atoms with Gasteiger partial charge in [0.1, 0.15) is 5.56 Å². The minimum atomic E-state index is -0.556. The fourth-order valence-corrected chi connectivity index (χ4v) is 2.00. The molecule has 5 heteroatoms. The van der Waals surface area contributed by atoms with E-state index >= 15 is 0 Å². The Labute approximate surface area is 122 Å². The maximum absolute atomic E-state index is 12.2. The molecular weight excluding hydrogens is 268 g/mol. The fourth-order valence-electron chi connectivity index (χ4n) is 2.00. The molecule has 0 aromatic heterocycles. The molecule has 0 saturated heterocycles. The number of hydrogen-bond acceptors (Lipinski definition) is 3. The van der Waals surface area contributed by atoms with Crippen molar-refractivity contribution in [1.82, 2.24) is 0 Å². The molecule has 0 saturated carbocycles. The zero-order chi connectivity index (χ0) is 15.4. The van der Waals surface area contributed by atoms with Crippen LogP contribution in [0.25, 0.3) is 0 Å². The van der Waals surface area contributed by atoms with Crippen LogP contribution >= 0.6 is 0 Å². The Hall–Kier alpha value is -2.69. The SMILES string of the molecule is CC(C)c1cccc(NC(=O)c2ccccc2[N+](=O)[O-])c1. The van der Waals surface area contributed by atoms with Gasteiger partial charge in [-0.2, -0.15) is 0 Å². The van der Waals surface area contributed by atoms with E-state index in [9.17, 15) is 14.9 Å². The lowest BCUT2D eigenvalue weighted by atomic mass is 10.0. The van der Waals surface area contributed by atoms with Gasteiger partial charge in [0, 0.05) is 11.8 Å². The Morgan fingerprint density at radius 3 is 2.52 bits per heavy atom. The van der Waals surface area contributed by atoms with Crippen molar-refractivity contribution >= 4 is 17.3 Å². The van der Waals surface area contributed by atoms with Crippen molar-refractivity contribution in [3.63, 3.8) is 0 Å². The number of benzene rings is 2. The quantitative estimate of drug-likeness (QED) is 0.682. The van der Waals surface area contributed by atoms with Crippen LogP contribution in [0.2, 0.25) is 0 Å². The van der Waals surface area contributed by atoms with Gasteiger partial charge in [0.25, 0.3) is 11.6 Å². The lowest BCUT2D eigenvalue weighted by Crippen LogP contribution is -2.14. The third kappa shape index (κ3) is 3.45. The van der Waals surface area contributed by atoms with Gasteiger partial charge in [0.05, 0.1) is 4.92 Å². The Balaban J connectivity index is 2.26. The molecule has 0 unspecified atom stereocenters. The molecule has 0 atom stereocenters. The molecule has 2 aromatic rings. The molecule has 0 bridgehead atoms. The molecule has 0 spiro atoms. The maximum Gasteiger partial charge on any atom is 0.282 e. The molecule has 21 heavy (non-hydrogen) atoms. The number of carbonyl (C=O) groups excluding carboxylic acids is 1. The number of rotatable bonds is 4. The Bertz CT molecular complexity index is 681. The van der Waals surface area contributed by atoms with Crippen LogP contribution in [0, 0.1) is 10.1 Å². The lowest BCUT2D eigenvalue weighted by molar-refractivity contribution is -0.385. The van der Waals surface area contributed by atoms with E-state index < -0.39 is 10.8 Å². The summed E-state index contributed by atoms with van der Waals surface area (Å²) >= 11 is 0. The highest BCUT2D eigenvalue weighted by atomic mass is 16.6. The van der Waals surface area contributed by atoms with E-state index in [2.05, 4.69) is 19.2 Å². The first kappa shape index (κ1) is 14.7. The van der Waals surface area contributed by atoms with Crippen LogP contribution in [0.1, 0.15) is 35.7 Å². The number of nitro groups is 1. The molecule has 2 rings (SSSR count). The highest BCUT2D eigenvalue weighted by Gasteiger charge is 2.19. The van der Waals surface area contributed by atoms with Crippen molar-refractivity contribution in [2.75, 3.05) is 5.32 Å². The monoisotopic (exact) mass is 284 g/mol. The standard InChI is InChI=1S/C16H16N2O3/c1-11(2)12-6-5-7-13(10-12)17-16(19)14-8-3-4-9-15(14)18(20)21/h3-11H,1-2H3,(H,17,19). The molecule has 108 valence electrons. The molecule has 1 amide bonds. The summed E-state index contributed by atoms with van der Waals surface area (Å²) in [7, 11) is 0. The van der Waals surface area contributed by atoms with Crippen LogP contribution in [0.4, 0.5) is 11.4 Å². The topological polar surface area (TPSA) is 72.2 Å². The predicted molar refractivity (Wildman–Crippen MR) is 81.6 cm³/mol. The maximum atomic E-state index is 12.2. The number of hydrogen-bond donors (Lipinski definition) is 1. The van der Waals surface area contributed by atoms with Crippen LogP contribution in [-0.4, -0.2) is 10.8 Å². The van der Waals surface area contributed by atoms with Gasteiger partial charge in [0.2, 0.25) is 0 Å². The average Bonchev–Trinajstić information content (AvgIpc) is 2.47. The van der Waals surface area contributed by atoms with Gasteiger partial charge in [-0.05, 0) is 29.7 Å². The fraction of sp³-hybridized carbons (Fsp3) is 0.188. The lowest BCUT2D eigenvalue weighted by Gasteiger charge is -2.09. The molecule has 2 aromatic carbocycles. The average molecular weight is 284 g/mol. The largest absolute Gasteiger partial charge is 0.322 e. The molecule has 0 heterocycles. The molecule has 0 radical (unpaired) electrons. The van der Waals surface area contributed by atoms with Crippen molar-refractivity contribution in [3.8, 4) is 0 Å². The second kappa shape index (κ2) is 6.17. The summed E-state index contributed by atoms with van der Waals surface area (Å²) in [5.74, 6) is -0.142. The first-order chi connectivity index (χ1) is 9.99. The highest BCUT2D eigenvalue weighted by Crippen LogP contribution is 2.21. The van der Waals surface area contributed by atoms with Crippen molar-refractivity contribution < 1.29 is 9.72 Å². The predicted octanol–water partition coefficient (Wildman–Crippen LogP) is 3.97. The molecule has 0 aliphatic carbocycles. The third-order valence-electron chi connectivity index (χ3n) is 3.16. The van der Waals surface area contributed by atoms with Crippen molar-refractivity contribution in [2.24, 2.45) is 0 Å². The van der Waals surface area contributed by atoms with E-state index in [1.54, 1.807) is 12.1 Å². The number of amides is 1. The van der Waals surface area contributed by atoms with Crippen molar-refractivity contribution in [3.05, 3.63) is 69.8 Å². The Morgan fingerprint density at radius 1 is 1.14 bits per heavy atom. The van der Waals surface area contributed by atoms with Gasteiger partial charge in [-0.25, -0.2) is 0 Å². The van der Waals surface area contributed by atoms with Crippen LogP contribution in [-0.2, 0) is 0 Å². The van der Waals surface area contributed by atoms with Gasteiger partial charge >= 0.3 is 0 Å². The number of nitrogens with one attached hydrogen (secondary N) is 1. The summed E-state index contributed by atoms with van der Waals surface area (Å²) in [5.41, 5.74) is 1.58. The van der Waals surface area contributed by atoms with Crippen LogP contribution < -0.4 is 5.32 Å². The van der Waals surface area contributed by atoms with Crippen molar-refractivity contribution in [1.29, 1.82) is 0 Å². The summed E-state index contributed by atoms with van der Waals surface area (Å²) in [5, 5.41) is 13.7. The number of nitrogens with zero attached hydrogens (tertiary/aromatic N) is 1. The molecule has 0 aliphatic rings. The zero-order valence-corrected chi connectivity index (χ0v) is 11.9. The summed E-state index contributed by atoms with van der Waals surface area (Å²) in [6.07, 6.45) is 0. The minimum Gasteiger partial charge on any atom is -0.322 e. The van der Waals surface area contributed by atoms with Gasteiger partial charge in [0.15, 0.2) is 0 Å². The van der Waals surface area contributed by atoms with Crippen molar-refractivity contribution in [2.45, 2.75) is 19.8 Å². The molecule has 0 aliphatic heterocycles. The van der Waals surface area contributed by atoms with E-state index in [1.165, 1.54) is 18.2 Å². The second-order valence-corrected chi connectivity index (χ2v) is 5.01. The van der Waals surface area contributed by atoms with Gasteiger partial charge in [-0.3, -0.25) is 14.9 Å². The Morgan fingerprint density at radius 2 is 1.86 bits per heavy atom. The molecule has 1 N–H and O–H groups in total. The summed E-state index contributed by atoms with van der Waals surface area (Å²) < 4.78 is 0. The number of anilines is 1. The van der Waals surface area contributed by atoms with E-state index in [0.29, 0.717) is 11.6 Å². The van der Waals surface area contributed by atoms with Crippen LogP contribution in [0.15, 0.2) is 48.5 Å². The molecular formula is C16H16N2O3. The zero-order valence-electron chi connectivity index (χ0n) is 11.9. The number of nitro benzene ring substituents is 1. The summed E-state index contributed by atoms with van der Waals surface area (Å²) in [6.45, 7) is 4.12. The van der Waals surface area contributed by atoms with Gasteiger partial charge in [-0.15, -0.1) is 0 Å². The smallest absolute Gasteiger partial charge is 0.282 e. The van der Waals surface area contributed by atoms with E-state index in [4.69, 9.17) is 0 Å². The van der Waals surface area contributed by atoms with E-state index in [1.807, 2.05) is 18.2 Å². The molecule has 0 fully saturated rings.